The lowest BCUT2D eigenvalue weighted by Crippen LogP contribution is -2.18. The predicted octanol–water partition coefficient (Wildman–Crippen LogP) is 4.99. The average Bonchev–Trinajstić information content (AvgIpc) is 2.67. The zero-order chi connectivity index (χ0) is 19.6. The predicted molar refractivity (Wildman–Crippen MR) is 113 cm³/mol. The zero-order valence-electron chi connectivity index (χ0n) is 15.6. The van der Waals surface area contributed by atoms with Crippen LogP contribution in [0.15, 0.2) is 42.5 Å². The second-order valence-corrected chi connectivity index (χ2v) is 7.56. The van der Waals surface area contributed by atoms with Crippen molar-refractivity contribution in [3.8, 4) is 0 Å². The van der Waals surface area contributed by atoms with Crippen LogP contribution in [0.1, 0.15) is 34.8 Å². The van der Waals surface area contributed by atoms with Crippen molar-refractivity contribution in [2.24, 2.45) is 0 Å². The number of ether oxygens (including phenoxy) is 1. The second-order valence-electron chi connectivity index (χ2n) is 6.02. The summed E-state index contributed by atoms with van der Waals surface area (Å²) in [5.41, 5.74) is 2.82. The molecule has 2 aromatic carbocycles. The highest BCUT2D eigenvalue weighted by atomic mass is 35.5. The number of anilines is 1. The molecule has 0 fully saturated rings. The number of amides is 1. The van der Waals surface area contributed by atoms with Gasteiger partial charge in [0.1, 0.15) is 0 Å². The average molecular weight is 406 g/mol. The van der Waals surface area contributed by atoms with E-state index in [-0.39, 0.29) is 5.91 Å². The number of carbonyl (C=O) groups excluding carboxylic acids is 2. The van der Waals surface area contributed by atoms with Gasteiger partial charge in [-0.2, -0.15) is 11.8 Å². The molecule has 0 unspecified atom stereocenters. The summed E-state index contributed by atoms with van der Waals surface area (Å²) in [6.45, 7) is 1.92. The molecule has 0 spiro atoms. The van der Waals surface area contributed by atoms with Gasteiger partial charge in [-0.25, -0.2) is 4.79 Å². The van der Waals surface area contributed by atoms with Crippen molar-refractivity contribution in [1.29, 1.82) is 0 Å². The maximum absolute atomic E-state index is 12.3. The van der Waals surface area contributed by atoms with Crippen molar-refractivity contribution < 1.29 is 14.3 Å². The van der Waals surface area contributed by atoms with Gasteiger partial charge in [-0.1, -0.05) is 48.9 Å². The Hall–Kier alpha value is -1.98. The molecule has 1 N–H and O–H groups in total. The first-order valence-corrected chi connectivity index (χ1v) is 10.4. The number of hydrogen-bond donors (Lipinski definition) is 1. The molecule has 6 heteroatoms. The Labute approximate surface area is 169 Å². The van der Waals surface area contributed by atoms with E-state index in [1.54, 1.807) is 23.9 Å². The molecule has 0 heterocycles. The summed E-state index contributed by atoms with van der Waals surface area (Å²) in [5, 5.41) is 3.28. The van der Waals surface area contributed by atoms with Gasteiger partial charge < -0.3 is 10.1 Å². The third-order valence-corrected chi connectivity index (χ3v) is 5.32. The van der Waals surface area contributed by atoms with Gasteiger partial charge in [-0.3, -0.25) is 4.79 Å². The number of aryl methyl sites for hydroxylation is 2. The summed E-state index contributed by atoms with van der Waals surface area (Å²) in [6.07, 6.45) is 2.62. The fourth-order valence-electron chi connectivity index (χ4n) is 2.76. The Balaban J connectivity index is 1.89. The van der Waals surface area contributed by atoms with Gasteiger partial charge in [0.25, 0.3) is 0 Å². The van der Waals surface area contributed by atoms with Gasteiger partial charge in [0, 0.05) is 5.02 Å². The number of benzene rings is 2. The Morgan fingerprint density at radius 1 is 1.19 bits per heavy atom. The molecule has 0 radical (unpaired) electrons. The first kappa shape index (κ1) is 21.3. The number of hydrogen-bond acceptors (Lipinski definition) is 4. The van der Waals surface area contributed by atoms with Gasteiger partial charge in [-0.15, -0.1) is 0 Å². The number of nitrogens with one attached hydrogen (secondary N) is 1. The molecule has 2 aromatic rings. The molecule has 4 nitrogen and oxygen atoms in total. The van der Waals surface area contributed by atoms with Crippen LogP contribution in [0.3, 0.4) is 0 Å². The fraction of sp³-hybridized carbons (Fsp3) is 0.333. The van der Waals surface area contributed by atoms with E-state index in [9.17, 15) is 9.59 Å². The summed E-state index contributed by atoms with van der Waals surface area (Å²) >= 11 is 7.70. The van der Waals surface area contributed by atoms with Gasteiger partial charge in [0.15, 0.2) is 0 Å². The molecule has 0 aromatic heterocycles. The van der Waals surface area contributed by atoms with E-state index in [1.807, 2.05) is 25.1 Å². The van der Waals surface area contributed by atoms with Crippen LogP contribution < -0.4 is 5.32 Å². The molecule has 0 atom stereocenters. The Morgan fingerprint density at radius 2 is 1.93 bits per heavy atom. The van der Waals surface area contributed by atoms with Crippen LogP contribution in [0.2, 0.25) is 5.02 Å². The molecule has 0 aliphatic rings. The standard InChI is InChI=1S/C21H24ClNO3S/c1-3-16-12-17(22)13-18(20(16)21(25)26-2)23-19(24)14-27-11-7-10-15-8-5-4-6-9-15/h4-6,8-9,12-13H,3,7,10-11,14H2,1-2H3,(H,23,24). The van der Waals surface area contributed by atoms with Gasteiger partial charge >= 0.3 is 5.97 Å². The van der Waals surface area contributed by atoms with Gasteiger partial charge in [-0.05, 0) is 48.3 Å². The molecule has 144 valence electrons. The highest BCUT2D eigenvalue weighted by Gasteiger charge is 2.19. The summed E-state index contributed by atoms with van der Waals surface area (Å²) in [6, 6.07) is 13.6. The number of rotatable bonds is 9. The maximum atomic E-state index is 12.3. The summed E-state index contributed by atoms with van der Waals surface area (Å²) in [4.78, 5) is 24.4. The summed E-state index contributed by atoms with van der Waals surface area (Å²) in [7, 11) is 1.32. The Morgan fingerprint density at radius 3 is 2.59 bits per heavy atom. The molecule has 27 heavy (non-hydrogen) atoms. The third kappa shape index (κ3) is 6.60. The molecule has 0 bridgehead atoms. The minimum absolute atomic E-state index is 0.158. The van der Waals surface area contributed by atoms with E-state index in [1.165, 1.54) is 12.7 Å². The summed E-state index contributed by atoms with van der Waals surface area (Å²) < 4.78 is 4.86. The zero-order valence-corrected chi connectivity index (χ0v) is 17.2. The fourth-order valence-corrected chi connectivity index (χ4v) is 3.75. The molecule has 0 aliphatic heterocycles. The quantitative estimate of drug-likeness (QED) is 0.471. The Kier molecular flexibility index (Phi) is 8.69. The van der Waals surface area contributed by atoms with Crippen LogP contribution in [-0.4, -0.2) is 30.5 Å². The molecule has 1 amide bonds. The largest absolute Gasteiger partial charge is 0.465 e. The van der Waals surface area contributed by atoms with Crippen LogP contribution >= 0.6 is 23.4 Å². The minimum atomic E-state index is -0.477. The maximum Gasteiger partial charge on any atom is 0.340 e. The van der Waals surface area contributed by atoms with E-state index in [2.05, 4.69) is 17.4 Å². The van der Waals surface area contributed by atoms with E-state index < -0.39 is 5.97 Å². The van der Waals surface area contributed by atoms with E-state index in [0.717, 1.165) is 24.2 Å². The number of esters is 1. The van der Waals surface area contributed by atoms with Crippen LogP contribution in [0.4, 0.5) is 5.69 Å². The molecular formula is C21H24ClNO3S. The van der Waals surface area contributed by atoms with E-state index >= 15 is 0 Å². The van der Waals surface area contributed by atoms with Crippen molar-refractivity contribution >= 4 is 40.9 Å². The van der Waals surface area contributed by atoms with Crippen LogP contribution in [0, 0.1) is 0 Å². The molecular weight excluding hydrogens is 382 g/mol. The number of halogens is 1. The molecule has 0 saturated carbocycles. The van der Waals surface area contributed by atoms with Crippen LogP contribution in [0.5, 0.6) is 0 Å². The number of thioether (sulfide) groups is 1. The summed E-state index contributed by atoms with van der Waals surface area (Å²) in [5.74, 6) is 0.578. The van der Waals surface area contributed by atoms with E-state index in [0.29, 0.717) is 28.4 Å². The highest BCUT2D eigenvalue weighted by Crippen LogP contribution is 2.27. The van der Waals surface area contributed by atoms with Gasteiger partial charge in [0.05, 0.1) is 24.1 Å². The lowest BCUT2D eigenvalue weighted by Gasteiger charge is -2.14. The first-order chi connectivity index (χ1) is 13.0. The van der Waals surface area contributed by atoms with Crippen molar-refractivity contribution in [2.75, 3.05) is 23.9 Å². The smallest absolute Gasteiger partial charge is 0.340 e. The topological polar surface area (TPSA) is 55.4 Å². The number of carbonyl (C=O) groups is 2. The second kappa shape index (κ2) is 11.0. The minimum Gasteiger partial charge on any atom is -0.465 e. The van der Waals surface area contributed by atoms with Crippen molar-refractivity contribution in [3.05, 3.63) is 64.2 Å². The van der Waals surface area contributed by atoms with Gasteiger partial charge in [0.2, 0.25) is 5.91 Å². The highest BCUT2D eigenvalue weighted by molar-refractivity contribution is 7.99. The first-order valence-electron chi connectivity index (χ1n) is 8.87. The molecule has 0 saturated heterocycles. The van der Waals surface area contributed by atoms with E-state index in [4.69, 9.17) is 16.3 Å². The normalized spacial score (nSPS) is 10.5. The lowest BCUT2D eigenvalue weighted by atomic mass is 10.0. The van der Waals surface area contributed by atoms with Crippen molar-refractivity contribution in [1.82, 2.24) is 0 Å². The van der Waals surface area contributed by atoms with Crippen molar-refractivity contribution in [3.63, 3.8) is 0 Å². The molecule has 2 rings (SSSR count). The third-order valence-electron chi connectivity index (χ3n) is 4.06. The SMILES string of the molecule is CCc1cc(Cl)cc(NC(=O)CSCCCc2ccccc2)c1C(=O)OC. The van der Waals surface area contributed by atoms with Crippen LogP contribution in [0.25, 0.3) is 0 Å². The monoisotopic (exact) mass is 405 g/mol. The number of methoxy groups -OCH3 is 1. The van der Waals surface area contributed by atoms with Crippen molar-refractivity contribution in [2.45, 2.75) is 26.2 Å². The lowest BCUT2D eigenvalue weighted by molar-refractivity contribution is -0.113. The Bertz CT molecular complexity index is 780. The van der Waals surface area contributed by atoms with Crippen LogP contribution in [-0.2, 0) is 22.4 Å². The molecule has 0 aliphatic carbocycles.